The van der Waals surface area contributed by atoms with Gasteiger partial charge in [0.1, 0.15) is 17.5 Å². The Morgan fingerprint density at radius 1 is 1.14 bits per heavy atom. The Kier molecular flexibility index (Phi) is 3.39. The molecule has 4 rings (SSSR count). The second-order valence-corrected chi connectivity index (χ2v) is 6.47. The van der Waals surface area contributed by atoms with E-state index in [0.717, 1.165) is 65.8 Å². The van der Waals surface area contributed by atoms with Crippen LogP contribution in [0.5, 0.6) is 0 Å². The molecule has 1 aromatic carbocycles. The summed E-state index contributed by atoms with van der Waals surface area (Å²) in [5.74, 6) is 5.56. The summed E-state index contributed by atoms with van der Waals surface area (Å²) in [5, 5.41) is 8.71. The van der Waals surface area contributed by atoms with Crippen LogP contribution in [0.15, 0.2) is 24.3 Å². The first-order chi connectivity index (χ1) is 10.4. The van der Waals surface area contributed by atoms with Crippen LogP contribution in [0.4, 0.5) is 0 Å². The van der Waals surface area contributed by atoms with Crippen LogP contribution < -0.4 is 0 Å². The molecule has 3 aromatic rings. The highest BCUT2D eigenvalue weighted by atomic mass is 32.2. The third kappa shape index (κ3) is 2.55. The van der Waals surface area contributed by atoms with Crippen LogP contribution in [0.1, 0.15) is 17.5 Å². The maximum absolute atomic E-state index is 4.63. The Bertz CT molecular complexity index is 727. The minimum atomic E-state index is 0.875. The fourth-order valence-electron chi connectivity index (χ4n) is 2.78. The van der Waals surface area contributed by atoms with Crippen molar-refractivity contribution >= 4 is 22.8 Å². The van der Waals surface area contributed by atoms with E-state index in [4.69, 9.17) is 0 Å². The van der Waals surface area contributed by atoms with Crippen molar-refractivity contribution in [1.29, 1.82) is 0 Å². The van der Waals surface area contributed by atoms with Gasteiger partial charge >= 0.3 is 0 Å². The van der Waals surface area contributed by atoms with Crippen LogP contribution >= 0.6 is 11.8 Å². The number of aryl methyl sites for hydroxylation is 3. The van der Waals surface area contributed by atoms with Crippen molar-refractivity contribution in [3.63, 3.8) is 0 Å². The summed E-state index contributed by atoms with van der Waals surface area (Å²) < 4.78 is 2.29. The van der Waals surface area contributed by atoms with Gasteiger partial charge in [-0.2, -0.15) is 11.8 Å². The van der Waals surface area contributed by atoms with Gasteiger partial charge in [0.25, 0.3) is 0 Å². The molecule has 5 nitrogen and oxygen atoms in total. The zero-order chi connectivity index (χ0) is 14.1. The van der Waals surface area contributed by atoms with Crippen molar-refractivity contribution < 1.29 is 0 Å². The van der Waals surface area contributed by atoms with E-state index in [1.54, 1.807) is 0 Å². The van der Waals surface area contributed by atoms with Crippen molar-refractivity contribution in [2.45, 2.75) is 25.8 Å². The molecule has 1 N–H and O–H groups in total. The molecule has 2 aromatic heterocycles. The highest BCUT2D eigenvalue weighted by Gasteiger charge is 2.15. The average molecular weight is 299 g/mol. The summed E-state index contributed by atoms with van der Waals surface area (Å²) in [4.78, 5) is 8.00. The van der Waals surface area contributed by atoms with Gasteiger partial charge in [-0.05, 0) is 12.1 Å². The molecule has 21 heavy (non-hydrogen) atoms. The summed E-state index contributed by atoms with van der Waals surface area (Å²) in [7, 11) is 0. The number of fused-ring (bicyclic) bond motifs is 2. The molecule has 108 valence electrons. The molecular weight excluding hydrogens is 282 g/mol. The van der Waals surface area contributed by atoms with Gasteiger partial charge in [-0.15, -0.1) is 10.2 Å². The molecule has 0 aliphatic carbocycles. The lowest BCUT2D eigenvalue weighted by Gasteiger charge is -2.05. The molecule has 0 saturated heterocycles. The van der Waals surface area contributed by atoms with Crippen molar-refractivity contribution in [2.75, 3.05) is 11.5 Å². The van der Waals surface area contributed by atoms with Crippen LogP contribution in [0.25, 0.3) is 11.0 Å². The SMILES string of the molecule is c1ccc2[nH]c(CCc3nnc4n3CCSCC4)nc2c1. The van der Waals surface area contributed by atoms with Crippen LogP contribution in [0, 0.1) is 0 Å². The van der Waals surface area contributed by atoms with E-state index in [1.807, 2.05) is 30.0 Å². The molecule has 1 aliphatic heterocycles. The van der Waals surface area contributed by atoms with Gasteiger partial charge in [0.15, 0.2) is 0 Å². The van der Waals surface area contributed by atoms with E-state index >= 15 is 0 Å². The largest absolute Gasteiger partial charge is 0.342 e. The lowest BCUT2D eigenvalue weighted by atomic mass is 10.3. The number of hydrogen-bond donors (Lipinski definition) is 1. The summed E-state index contributed by atoms with van der Waals surface area (Å²) in [6, 6.07) is 8.14. The van der Waals surface area contributed by atoms with Crippen LogP contribution in [0.2, 0.25) is 0 Å². The highest BCUT2D eigenvalue weighted by molar-refractivity contribution is 7.99. The third-order valence-corrected chi connectivity index (χ3v) is 4.82. The number of aromatic amines is 1. The Balaban J connectivity index is 1.53. The minimum absolute atomic E-state index is 0.875. The topological polar surface area (TPSA) is 59.4 Å². The van der Waals surface area contributed by atoms with Crippen molar-refractivity contribution in [3.05, 3.63) is 41.7 Å². The Morgan fingerprint density at radius 2 is 2.10 bits per heavy atom. The smallest absolute Gasteiger partial charge is 0.133 e. The highest BCUT2D eigenvalue weighted by Crippen LogP contribution is 2.16. The summed E-state index contributed by atoms with van der Waals surface area (Å²) in [6.45, 7) is 1.03. The first kappa shape index (κ1) is 12.9. The summed E-state index contributed by atoms with van der Waals surface area (Å²) >= 11 is 2.00. The maximum atomic E-state index is 4.63. The number of nitrogens with one attached hydrogen (secondary N) is 1. The standard InChI is InChI=1S/C15H17N5S/c1-2-4-12-11(3-1)16-13(17-12)5-6-14-18-19-15-7-9-21-10-8-20(14)15/h1-4H,5-10H2,(H,16,17). The predicted molar refractivity (Wildman–Crippen MR) is 84.6 cm³/mol. The van der Waals surface area contributed by atoms with Crippen molar-refractivity contribution in [1.82, 2.24) is 24.7 Å². The molecule has 0 fully saturated rings. The zero-order valence-electron chi connectivity index (χ0n) is 11.7. The van der Waals surface area contributed by atoms with Crippen LogP contribution in [-0.2, 0) is 25.8 Å². The van der Waals surface area contributed by atoms with Gasteiger partial charge in [-0.3, -0.25) is 0 Å². The number of para-hydroxylation sites is 2. The number of nitrogens with zero attached hydrogens (tertiary/aromatic N) is 4. The first-order valence-corrected chi connectivity index (χ1v) is 8.48. The van der Waals surface area contributed by atoms with Gasteiger partial charge < -0.3 is 9.55 Å². The molecule has 0 saturated carbocycles. The number of rotatable bonds is 3. The van der Waals surface area contributed by atoms with Crippen LogP contribution in [-0.4, -0.2) is 36.2 Å². The zero-order valence-corrected chi connectivity index (χ0v) is 12.6. The number of benzene rings is 1. The van der Waals surface area contributed by atoms with E-state index in [9.17, 15) is 0 Å². The lowest BCUT2D eigenvalue weighted by Crippen LogP contribution is -2.09. The summed E-state index contributed by atoms with van der Waals surface area (Å²) in [5.41, 5.74) is 2.13. The molecule has 0 amide bonds. The number of imidazole rings is 1. The molecular formula is C15H17N5S. The Hall–Kier alpha value is -1.82. The fraction of sp³-hybridized carbons (Fsp3) is 0.400. The van der Waals surface area contributed by atoms with E-state index in [-0.39, 0.29) is 0 Å². The van der Waals surface area contributed by atoms with Crippen molar-refractivity contribution in [2.24, 2.45) is 0 Å². The number of hydrogen-bond acceptors (Lipinski definition) is 4. The molecule has 0 spiro atoms. The van der Waals surface area contributed by atoms with E-state index in [0.29, 0.717) is 0 Å². The molecule has 0 atom stereocenters. The molecule has 0 unspecified atom stereocenters. The van der Waals surface area contributed by atoms with Gasteiger partial charge in [-0.1, -0.05) is 12.1 Å². The molecule has 0 radical (unpaired) electrons. The van der Waals surface area contributed by atoms with Crippen molar-refractivity contribution in [3.8, 4) is 0 Å². The monoisotopic (exact) mass is 299 g/mol. The second-order valence-electron chi connectivity index (χ2n) is 5.25. The summed E-state index contributed by atoms with van der Waals surface area (Å²) in [6.07, 6.45) is 2.79. The minimum Gasteiger partial charge on any atom is -0.342 e. The normalized spacial score (nSPS) is 15.0. The number of thioether (sulfide) groups is 1. The molecule has 0 bridgehead atoms. The van der Waals surface area contributed by atoms with E-state index in [1.165, 1.54) is 0 Å². The lowest BCUT2D eigenvalue weighted by molar-refractivity contribution is 0.667. The third-order valence-electron chi connectivity index (χ3n) is 3.86. The maximum Gasteiger partial charge on any atom is 0.133 e. The first-order valence-electron chi connectivity index (χ1n) is 7.32. The fourth-order valence-corrected chi connectivity index (χ4v) is 3.62. The van der Waals surface area contributed by atoms with Crippen LogP contribution in [0.3, 0.4) is 0 Å². The molecule has 6 heteroatoms. The second kappa shape index (κ2) is 5.52. The van der Waals surface area contributed by atoms with Gasteiger partial charge in [0, 0.05) is 37.3 Å². The number of H-pyrrole nitrogens is 1. The Morgan fingerprint density at radius 3 is 3.05 bits per heavy atom. The van der Waals surface area contributed by atoms with E-state index in [2.05, 4.69) is 30.8 Å². The van der Waals surface area contributed by atoms with Gasteiger partial charge in [-0.25, -0.2) is 4.98 Å². The number of aromatic nitrogens is 5. The van der Waals surface area contributed by atoms with E-state index < -0.39 is 0 Å². The Labute approximate surface area is 127 Å². The predicted octanol–water partition coefficient (Wildman–Crippen LogP) is 2.23. The quantitative estimate of drug-likeness (QED) is 0.805. The molecule has 3 heterocycles. The van der Waals surface area contributed by atoms with Gasteiger partial charge in [0.2, 0.25) is 0 Å². The van der Waals surface area contributed by atoms with Gasteiger partial charge in [0.05, 0.1) is 11.0 Å². The molecule has 1 aliphatic rings. The average Bonchev–Trinajstić information content (AvgIpc) is 3.01.